The quantitative estimate of drug-likeness (QED) is 0.552. The minimum absolute atomic E-state index is 0.0223. The SMILES string of the molecule is O=S1(=O)CC(O)C(NCC(O)C2CC2)C1. The second-order valence-corrected chi connectivity index (χ2v) is 6.72. The first-order chi connectivity index (χ1) is 6.98. The number of rotatable bonds is 4. The summed E-state index contributed by atoms with van der Waals surface area (Å²) in [5.41, 5.74) is 0. The van der Waals surface area contributed by atoms with Gasteiger partial charge in [-0.25, -0.2) is 8.42 Å². The summed E-state index contributed by atoms with van der Waals surface area (Å²) in [6.45, 7) is 0.377. The molecule has 3 N–H and O–H groups in total. The molecule has 1 aliphatic carbocycles. The van der Waals surface area contributed by atoms with E-state index in [0.29, 0.717) is 12.5 Å². The van der Waals surface area contributed by atoms with Gasteiger partial charge in [0.25, 0.3) is 0 Å². The van der Waals surface area contributed by atoms with Gasteiger partial charge in [-0.05, 0) is 18.8 Å². The van der Waals surface area contributed by atoms with Gasteiger partial charge in [0, 0.05) is 12.6 Å². The summed E-state index contributed by atoms with van der Waals surface area (Å²) in [6, 6.07) is -0.414. The van der Waals surface area contributed by atoms with Crippen molar-refractivity contribution >= 4 is 9.84 Å². The Morgan fingerprint density at radius 2 is 2.00 bits per heavy atom. The van der Waals surface area contributed by atoms with E-state index >= 15 is 0 Å². The van der Waals surface area contributed by atoms with Crippen LogP contribution >= 0.6 is 0 Å². The van der Waals surface area contributed by atoms with Crippen LogP contribution in [-0.2, 0) is 9.84 Å². The maximum atomic E-state index is 11.2. The Morgan fingerprint density at radius 1 is 1.33 bits per heavy atom. The van der Waals surface area contributed by atoms with Gasteiger partial charge in [-0.15, -0.1) is 0 Å². The molecule has 1 aliphatic heterocycles. The Balaban J connectivity index is 1.79. The average Bonchev–Trinajstić information content (AvgIpc) is 2.90. The molecule has 2 fully saturated rings. The van der Waals surface area contributed by atoms with Gasteiger partial charge < -0.3 is 15.5 Å². The summed E-state index contributed by atoms with van der Waals surface area (Å²) in [7, 11) is -3.09. The lowest BCUT2D eigenvalue weighted by Gasteiger charge is -2.17. The van der Waals surface area contributed by atoms with Gasteiger partial charge in [-0.3, -0.25) is 0 Å². The Hall–Kier alpha value is -0.170. The van der Waals surface area contributed by atoms with Crippen molar-refractivity contribution in [1.29, 1.82) is 0 Å². The fourth-order valence-electron chi connectivity index (χ4n) is 1.94. The fraction of sp³-hybridized carbons (Fsp3) is 1.00. The molecule has 1 heterocycles. The van der Waals surface area contributed by atoms with E-state index in [4.69, 9.17) is 0 Å². The smallest absolute Gasteiger partial charge is 0.154 e. The van der Waals surface area contributed by atoms with Gasteiger partial charge in [0.05, 0.1) is 23.7 Å². The van der Waals surface area contributed by atoms with E-state index < -0.39 is 28.1 Å². The van der Waals surface area contributed by atoms with Crippen molar-refractivity contribution in [1.82, 2.24) is 5.32 Å². The van der Waals surface area contributed by atoms with Crippen molar-refractivity contribution < 1.29 is 18.6 Å². The number of sulfone groups is 1. The second-order valence-electron chi connectivity index (χ2n) is 4.56. The van der Waals surface area contributed by atoms with Crippen LogP contribution in [0.4, 0.5) is 0 Å². The van der Waals surface area contributed by atoms with Gasteiger partial charge in [0.15, 0.2) is 9.84 Å². The highest BCUT2D eigenvalue weighted by molar-refractivity contribution is 7.91. The molecule has 0 amide bonds. The first-order valence-electron chi connectivity index (χ1n) is 5.28. The van der Waals surface area contributed by atoms with Crippen molar-refractivity contribution in [2.24, 2.45) is 5.92 Å². The molecule has 0 bridgehead atoms. The zero-order valence-electron chi connectivity index (χ0n) is 8.46. The average molecular weight is 235 g/mol. The fourth-order valence-corrected chi connectivity index (χ4v) is 3.72. The molecule has 15 heavy (non-hydrogen) atoms. The zero-order chi connectivity index (χ0) is 11.1. The van der Waals surface area contributed by atoms with E-state index in [1.807, 2.05) is 0 Å². The van der Waals surface area contributed by atoms with Crippen LogP contribution in [0.15, 0.2) is 0 Å². The van der Waals surface area contributed by atoms with E-state index in [-0.39, 0.29) is 11.5 Å². The number of aliphatic hydroxyl groups excluding tert-OH is 2. The highest BCUT2D eigenvalue weighted by Gasteiger charge is 2.37. The summed E-state index contributed by atoms with van der Waals surface area (Å²) in [4.78, 5) is 0. The summed E-state index contributed by atoms with van der Waals surface area (Å²) >= 11 is 0. The van der Waals surface area contributed by atoms with E-state index in [1.165, 1.54) is 0 Å². The van der Waals surface area contributed by atoms with Crippen LogP contribution in [0, 0.1) is 5.92 Å². The first-order valence-corrected chi connectivity index (χ1v) is 7.10. The Morgan fingerprint density at radius 3 is 2.47 bits per heavy atom. The molecule has 1 saturated carbocycles. The molecular weight excluding hydrogens is 218 g/mol. The molecule has 2 aliphatic rings. The normalized spacial score (nSPS) is 36.7. The standard InChI is InChI=1S/C9H17NO4S/c11-8(6-1-2-6)3-10-7-4-15(13,14)5-9(7)12/h6-12H,1-5H2. The van der Waals surface area contributed by atoms with Crippen molar-refractivity contribution in [2.45, 2.75) is 31.1 Å². The predicted molar refractivity (Wildman–Crippen MR) is 55.2 cm³/mol. The minimum Gasteiger partial charge on any atom is -0.392 e. The van der Waals surface area contributed by atoms with Gasteiger partial charge in [-0.1, -0.05) is 0 Å². The van der Waals surface area contributed by atoms with Crippen molar-refractivity contribution in [3.63, 3.8) is 0 Å². The van der Waals surface area contributed by atoms with Gasteiger partial charge in [0.2, 0.25) is 0 Å². The van der Waals surface area contributed by atoms with Crippen LogP contribution in [0.25, 0.3) is 0 Å². The third-order valence-corrected chi connectivity index (χ3v) is 4.79. The van der Waals surface area contributed by atoms with Crippen LogP contribution in [0.3, 0.4) is 0 Å². The van der Waals surface area contributed by atoms with Crippen molar-refractivity contribution in [2.75, 3.05) is 18.1 Å². The third kappa shape index (κ3) is 2.90. The lowest BCUT2D eigenvalue weighted by molar-refractivity contribution is 0.123. The highest BCUT2D eigenvalue weighted by Crippen LogP contribution is 2.32. The molecule has 2 rings (SSSR count). The number of aliphatic hydroxyl groups is 2. The van der Waals surface area contributed by atoms with E-state index in [1.54, 1.807) is 0 Å². The van der Waals surface area contributed by atoms with Crippen LogP contribution in [0.2, 0.25) is 0 Å². The Labute approximate surface area is 89.4 Å². The molecule has 3 atom stereocenters. The molecule has 0 aromatic rings. The topological polar surface area (TPSA) is 86.6 Å². The molecular formula is C9H17NO4S. The molecule has 1 saturated heterocycles. The monoisotopic (exact) mass is 235 g/mol. The maximum Gasteiger partial charge on any atom is 0.154 e. The lowest BCUT2D eigenvalue weighted by atomic mass is 10.2. The summed E-state index contributed by atoms with van der Waals surface area (Å²) in [5, 5.41) is 22.0. The van der Waals surface area contributed by atoms with Crippen LogP contribution in [0.1, 0.15) is 12.8 Å². The van der Waals surface area contributed by atoms with E-state index in [9.17, 15) is 18.6 Å². The summed E-state index contributed by atoms with van der Waals surface area (Å²) in [5.74, 6) is 0.183. The zero-order valence-corrected chi connectivity index (χ0v) is 9.28. The van der Waals surface area contributed by atoms with Crippen LogP contribution < -0.4 is 5.32 Å². The highest BCUT2D eigenvalue weighted by atomic mass is 32.2. The molecule has 0 spiro atoms. The number of hydrogen-bond acceptors (Lipinski definition) is 5. The molecule has 0 aromatic carbocycles. The maximum absolute atomic E-state index is 11.2. The lowest BCUT2D eigenvalue weighted by Crippen LogP contribution is -2.43. The van der Waals surface area contributed by atoms with Crippen molar-refractivity contribution in [3.8, 4) is 0 Å². The van der Waals surface area contributed by atoms with Gasteiger partial charge in [-0.2, -0.15) is 0 Å². The first kappa shape index (κ1) is 11.3. The van der Waals surface area contributed by atoms with E-state index in [0.717, 1.165) is 12.8 Å². The minimum atomic E-state index is -3.09. The largest absolute Gasteiger partial charge is 0.392 e. The molecule has 6 heteroatoms. The van der Waals surface area contributed by atoms with Crippen molar-refractivity contribution in [3.05, 3.63) is 0 Å². The third-order valence-electron chi connectivity index (χ3n) is 3.08. The molecule has 3 unspecified atom stereocenters. The van der Waals surface area contributed by atoms with Gasteiger partial charge in [0.1, 0.15) is 0 Å². The number of hydrogen-bond donors (Lipinski definition) is 3. The Kier molecular flexibility index (Phi) is 3.03. The Bertz CT molecular complexity index is 325. The van der Waals surface area contributed by atoms with Crippen LogP contribution in [0.5, 0.6) is 0 Å². The summed E-state index contributed by atoms with van der Waals surface area (Å²) < 4.78 is 22.4. The summed E-state index contributed by atoms with van der Waals surface area (Å²) in [6.07, 6.45) is 0.866. The van der Waals surface area contributed by atoms with E-state index in [2.05, 4.69) is 5.32 Å². The second kappa shape index (κ2) is 4.01. The molecule has 5 nitrogen and oxygen atoms in total. The molecule has 88 valence electrons. The predicted octanol–water partition coefficient (Wildman–Crippen LogP) is -1.50. The number of nitrogens with one attached hydrogen (secondary N) is 1. The molecule has 0 aromatic heterocycles. The van der Waals surface area contributed by atoms with Gasteiger partial charge >= 0.3 is 0 Å². The van der Waals surface area contributed by atoms with Crippen LogP contribution in [-0.4, -0.2) is 54.9 Å². The molecule has 0 radical (unpaired) electrons.